The first-order valence-electron chi connectivity index (χ1n) is 6.98. The predicted molar refractivity (Wildman–Crippen MR) is 74.8 cm³/mol. The molecule has 5 heteroatoms. The lowest BCUT2D eigenvalue weighted by molar-refractivity contribution is -0.139. The molecule has 110 valence electrons. The maximum absolute atomic E-state index is 11.1. The highest BCUT2D eigenvalue weighted by molar-refractivity contribution is 5.69. The molecule has 1 aromatic rings. The average molecular weight is 279 g/mol. The van der Waals surface area contributed by atoms with Crippen LogP contribution in [-0.4, -0.2) is 38.8 Å². The van der Waals surface area contributed by atoms with Crippen molar-refractivity contribution < 1.29 is 20.1 Å². The Morgan fingerprint density at radius 2 is 2.00 bits per heavy atom. The van der Waals surface area contributed by atoms with Crippen LogP contribution in [0.2, 0.25) is 0 Å². The molecule has 1 aromatic carbocycles. The first-order valence-corrected chi connectivity index (χ1v) is 6.98. The van der Waals surface area contributed by atoms with E-state index < -0.39 is 5.97 Å². The van der Waals surface area contributed by atoms with Crippen molar-refractivity contribution in [3.05, 3.63) is 23.8 Å². The molecule has 1 atom stereocenters. The number of aromatic hydroxyl groups is 2. The second-order valence-corrected chi connectivity index (χ2v) is 5.42. The van der Waals surface area contributed by atoms with Crippen molar-refractivity contribution in [2.24, 2.45) is 0 Å². The van der Waals surface area contributed by atoms with Crippen LogP contribution in [-0.2, 0) is 4.79 Å². The van der Waals surface area contributed by atoms with Crippen LogP contribution < -0.4 is 0 Å². The van der Waals surface area contributed by atoms with Gasteiger partial charge < -0.3 is 15.3 Å². The highest BCUT2D eigenvalue weighted by atomic mass is 16.4. The fraction of sp³-hybridized carbons (Fsp3) is 0.533. The Morgan fingerprint density at radius 1 is 1.35 bits per heavy atom. The molecule has 1 aliphatic carbocycles. The lowest BCUT2D eigenvalue weighted by Gasteiger charge is -2.33. The smallest absolute Gasteiger partial charge is 0.317 e. The molecule has 1 aliphatic rings. The lowest BCUT2D eigenvalue weighted by Crippen LogP contribution is -2.39. The molecule has 0 amide bonds. The highest BCUT2D eigenvalue weighted by Crippen LogP contribution is 2.35. The fourth-order valence-electron chi connectivity index (χ4n) is 3.04. The van der Waals surface area contributed by atoms with E-state index in [0.717, 1.165) is 25.7 Å². The third-order valence-electron chi connectivity index (χ3n) is 4.07. The second kappa shape index (κ2) is 6.13. The molecule has 0 aliphatic heterocycles. The van der Waals surface area contributed by atoms with E-state index in [1.54, 1.807) is 6.07 Å². The number of aliphatic carboxylic acids is 1. The minimum Gasteiger partial charge on any atom is -0.508 e. The summed E-state index contributed by atoms with van der Waals surface area (Å²) in [7, 11) is 0. The summed E-state index contributed by atoms with van der Waals surface area (Å²) in [6.45, 7) is 1.86. The highest BCUT2D eigenvalue weighted by Gasteiger charge is 2.29. The third kappa shape index (κ3) is 3.22. The Morgan fingerprint density at radius 3 is 2.55 bits per heavy atom. The van der Waals surface area contributed by atoms with Gasteiger partial charge in [-0.3, -0.25) is 9.69 Å². The molecular weight excluding hydrogens is 258 g/mol. The Balaban J connectivity index is 2.24. The number of hydrogen-bond donors (Lipinski definition) is 3. The van der Waals surface area contributed by atoms with Gasteiger partial charge in [0.25, 0.3) is 0 Å². The summed E-state index contributed by atoms with van der Waals surface area (Å²) in [4.78, 5) is 13.0. The number of hydrogen-bond acceptors (Lipinski definition) is 4. The van der Waals surface area contributed by atoms with Gasteiger partial charge in [0.2, 0.25) is 0 Å². The van der Waals surface area contributed by atoms with E-state index in [9.17, 15) is 15.0 Å². The normalized spacial score (nSPS) is 17.5. The molecule has 0 radical (unpaired) electrons. The van der Waals surface area contributed by atoms with E-state index in [4.69, 9.17) is 5.11 Å². The van der Waals surface area contributed by atoms with Crippen molar-refractivity contribution in [2.75, 3.05) is 6.54 Å². The number of carbonyl (C=O) groups is 1. The van der Waals surface area contributed by atoms with Gasteiger partial charge in [-0.05, 0) is 25.8 Å². The standard InChI is InChI=1S/C15H21NO4/c1-10(13-7-6-12(17)8-14(13)18)16(9-15(19)20)11-4-2-3-5-11/h6-8,10-11,17-18H,2-5,9H2,1H3,(H,19,20). The Bertz CT molecular complexity index is 483. The summed E-state index contributed by atoms with van der Waals surface area (Å²) in [6.07, 6.45) is 4.23. The molecule has 0 bridgehead atoms. The van der Waals surface area contributed by atoms with Gasteiger partial charge in [-0.15, -0.1) is 0 Å². The quantitative estimate of drug-likeness (QED) is 0.771. The summed E-state index contributed by atoms with van der Waals surface area (Å²) in [5.41, 5.74) is 0.649. The van der Waals surface area contributed by atoms with Crippen LogP contribution in [0.1, 0.15) is 44.2 Å². The molecule has 0 spiro atoms. The van der Waals surface area contributed by atoms with E-state index in [1.165, 1.54) is 12.1 Å². The number of carboxylic acid groups (broad SMARTS) is 1. The minimum atomic E-state index is -0.859. The maximum atomic E-state index is 11.1. The zero-order valence-electron chi connectivity index (χ0n) is 11.6. The summed E-state index contributed by atoms with van der Waals surface area (Å²) >= 11 is 0. The van der Waals surface area contributed by atoms with Crippen molar-refractivity contribution >= 4 is 5.97 Å². The van der Waals surface area contributed by atoms with Gasteiger partial charge in [-0.1, -0.05) is 18.9 Å². The van der Waals surface area contributed by atoms with Crippen LogP contribution in [0.15, 0.2) is 18.2 Å². The molecule has 1 fully saturated rings. The molecule has 1 unspecified atom stereocenters. The van der Waals surface area contributed by atoms with Crippen LogP contribution in [0, 0.1) is 0 Å². The van der Waals surface area contributed by atoms with Crippen LogP contribution in [0.5, 0.6) is 11.5 Å². The van der Waals surface area contributed by atoms with Crippen molar-refractivity contribution in [1.29, 1.82) is 0 Å². The number of benzene rings is 1. The number of nitrogens with zero attached hydrogens (tertiary/aromatic N) is 1. The Labute approximate surface area is 118 Å². The fourth-order valence-corrected chi connectivity index (χ4v) is 3.04. The second-order valence-electron chi connectivity index (χ2n) is 5.42. The number of rotatable bonds is 5. The van der Waals surface area contributed by atoms with Crippen molar-refractivity contribution in [3.8, 4) is 11.5 Å². The number of carboxylic acids is 1. The SMILES string of the molecule is CC(c1ccc(O)cc1O)N(CC(=O)O)C1CCCC1. The zero-order valence-corrected chi connectivity index (χ0v) is 11.6. The van der Waals surface area contributed by atoms with Gasteiger partial charge in [0.15, 0.2) is 0 Å². The maximum Gasteiger partial charge on any atom is 0.317 e. The molecule has 0 aromatic heterocycles. The van der Waals surface area contributed by atoms with Crippen molar-refractivity contribution in [2.45, 2.75) is 44.7 Å². The molecule has 0 heterocycles. The summed E-state index contributed by atoms with van der Waals surface area (Å²) in [5.74, 6) is -0.850. The van der Waals surface area contributed by atoms with Crippen molar-refractivity contribution in [1.82, 2.24) is 4.90 Å². The average Bonchev–Trinajstić information content (AvgIpc) is 2.88. The first kappa shape index (κ1) is 14.7. The van der Waals surface area contributed by atoms with Gasteiger partial charge in [0.1, 0.15) is 11.5 Å². The summed E-state index contributed by atoms with van der Waals surface area (Å²) in [6, 6.07) is 4.50. The van der Waals surface area contributed by atoms with E-state index in [-0.39, 0.29) is 30.1 Å². The van der Waals surface area contributed by atoms with Crippen LogP contribution in [0.25, 0.3) is 0 Å². The zero-order chi connectivity index (χ0) is 14.7. The molecule has 0 saturated heterocycles. The topological polar surface area (TPSA) is 81.0 Å². The van der Waals surface area contributed by atoms with Gasteiger partial charge in [-0.25, -0.2) is 0 Å². The molecule has 5 nitrogen and oxygen atoms in total. The van der Waals surface area contributed by atoms with Crippen LogP contribution in [0.3, 0.4) is 0 Å². The molecule has 1 saturated carbocycles. The van der Waals surface area contributed by atoms with Gasteiger partial charge in [0.05, 0.1) is 6.54 Å². The monoisotopic (exact) mass is 279 g/mol. The molecule has 2 rings (SSSR count). The van der Waals surface area contributed by atoms with Gasteiger partial charge in [0, 0.05) is 23.7 Å². The molecular formula is C15H21NO4. The first-order chi connectivity index (χ1) is 9.49. The third-order valence-corrected chi connectivity index (χ3v) is 4.07. The van der Waals surface area contributed by atoms with Crippen LogP contribution in [0.4, 0.5) is 0 Å². The minimum absolute atomic E-state index is 0.00380. The largest absolute Gasteiger partial charge is 0.508 e. The Kier molecular flexibility index (Phi) is 4.49. The number of phenolic OH excluding ortho intramolecular Hbond substituents is 2. The van der Waals surface area contributed by atoms with E-state index in [1.807, 2.05) is 11.8 Å². The molecule has 3 N–H and O–H groups in total. The predicted octanol–water partition coefficient (Wildman–Crippen LogP) is 2.49. The summed E-state index contributed by atoms with van der Waals surface area (Å²) < 4.78 is 0. The van der Waals surface area contributed by atoms with E-state index in [2.05, 4.69) is 0 Å². The van der Waals surface area contributed by atoms with Gasteiger partial charge in [-0.2, -0.15) is 0 Å². The van der Waals surface area contributed by atoms with Crippen molar-refractivity contribution in [3.63, 3.8) is 0 Å². The lowest BCUT2D eigenvalue weighted by atomic mass is 10.0. The Hall–Kier alpha value is -1.75. The molecule has 20 heavy (non-hydrogen) atoms. The van der Waals surface area contributed by atoms with Gasteiger partial charge >= 0.3 is 5.97 Å². The van der Waals surface area contributed by atoms with E-state index in [0.29, 0.717) is 5.56 Å². The number of phenols is 2. The van der Waals surface area contributed by atoms with E-state index >= 15 is 0 Å². The summed E-state index contributed by atoms with van der Waals surface area (Å²) in [5, 5.41) is 28.4. The van der Waals surface area contributed by atoms with Crippen LogP contribution >= 0.6 is 0 Å².